The number of nitrogens with zero attached hydrogens (tertiary/aromatic N) is 1. The molecule has 0 saturated heterocycles. The van der Waals surface area contributed by atoms with Crippen molar-refractivity contribution in [1.82, 2.24) is 9.97 Å². The quantitative estimate of drug-likeness (QED) is 0.561. The molecular weight excluding hydrogens is 303 g/mol. The van der Waals surface area contributed by atoms with Gasteiger partial charge in [-0.25, -0.2) is 9.37 Å². The number of pyridine rings is 1. The number of carbonyl (C=O) groups is 1. The zero-order chi connectivity index (χ0) is 16.5. The molecule has 116 valence electrons. The van der Waals surface area contributed by atoms with E-state index in [-0.39, 0.29) is 11.6 Å². The zero-order valence-corrected chi connectivity index (χ0v) is 12.7. The first-order valence-corrected chi connectivity index (χ1v) is 7.56. The maximum Gasteiger partial charge on any atom is 0.195 e. The van der Waals surface area contributed by atoms with Crippen molar-refractivity contribution >= 4 is 16.8 Å². The van der Waals surface area contributed by atoms with Crippen molar-refractivity contribution < 1.29 is 9.18 Å². The molecule has 2 aromatic carbocycles. The van der Waals surface area contributed by atoms with Crippen LogP contribution >= 0.6 is 0 Å². The molecular formula is C20H13FN2O. The Balaban J connectivity index is 1.94. The van der Waals surface area contributed by atoms with Crippen LogP contribution in [-0.2, 0) is 0 Å². The van der Waals surface area contributed by atoms with Crippen molar-refractivity contribution in [3.05, 3.63) is 90.0 Å². The van der Waals surface area contributed by atoms with Crippen LogP contribution in [0.25, 0.3) is 22.2 Å². The lowest BCUT2D eigenvalue weighted by molar-refractivity contribution is 0.104. The Labute approximate surface area is 137 Å². The van der Waals surface area contributed by atoms with Crippen molar-refractivity contribution in [1.29, 1.82) is 0 Å². The summed E-state index contributed by atoms with van der Waals surface area (Å²) in [6.45, 7) is 0. The van der Waals surface area contributed by atoms with Gasteiger partial charge in [-0.05, 0) is 29.3 Å². The molecule has 0 amide bonds. The zero-order valence-electron chi connectivity index (χ0n) is 12.7. The molecule has 0 aliphatic carbocycles. The molecule has 1 N–H and O–H groups in total. The average Bonchev–Trinajstić information content (AvgIpc) is 3.06. The molecule has 0 saturated carbocycles. The fourth-order valence-corrected chi connectivity index (χ4v) is 2.88. The Kier molecular flexibility index (Phi) is 3.43. The summed E-state index contributed by atoms with van der Waals surface area (Å²) < 4.78 is 13.6. The van der Waals surface area contributed by atoms with Gasteiger partial charge in [-0.15, -0.1) is 0 Å². The number of carbonyl (C=O) groups excluding carboxylic acids is 1. The van der Waals surface area contributed by atoms with Crippen LogP contribution in [0.5, 0.6) is 0 Å². The van der Waals surface area contributed by atoms with Crippen LogP contribution < -0.4 is 0 Å². The van der Waals surface area contributed by atoms with Gasteiger partial charge in [-0.3, -0.25) is 4.79 Å². The molecule has 0 unspecified atom stereocenters. The van der Waals surface area contributed by atoms with Crippen LogP contribution in [0.2, 0.25) is 0 Å². The predicted molar refractivity (Wildman–Crippen MR) is 91.4 cm³/mol. The van der Waals surface area contributed by atoms with Crippen LogP contribution in [0.3, 0.4) is 0 Å². The molecule has 4 aromatic rings. The minimum absolute atomic E-state index is 0.0903. The SMILES string of the molecule is O=C(c1ccccc1)c1c[nH]c2nccc(-c3cccc(F)c3)c12. The van der Waals surface area contributed by atoms with Gasteiger partial charge < -0.3 is 4.98 Å². The van der Waals surface area contributed by atoms with E-state index in [0.29, 0.717) is 27.7 Å². The number of rotatable bonds is 3. The second-order valence-corrected chi connectivity index (χ2v) is 5.49. The van der Waals surface area contributed by atoms with E-state index in [1.807, 2.05) is 24.3 Å². The lowest BCUT2D eigenvalue weighted by atomic mass is 9.97. The number of nitrogens with one attached hydrogen (secondary N) is 1. The minimum Gasteiger partial charge on any atom is -0.345 e. The normalized spacial score (nSPS) is 10.9. The van der Waals surface area contributed by atoms with Gasteiger partial charge in [0.05, 0.1) is 5.56 Å². The Bertz CT molecular complexity index is 1040. The third kappa shape index (κ3) is 2.38. The summed E-state index contributed by atoms with van der Waals surface area (Å²) in [6.07, 6.45) is 3.31. The van der Waals surface area contributed by atoms with Gasteiger partial charge in [-0.2, -0.15) is 0 Å². The van der Waals surface area contributed by atoms with Crippen LogP contribution in [-0.4, -0.2) is 15.8 Å². The van der Waals surface area contributed by atoms with Crippen LogP contribution in [0.4, 0.5) is 4.39 Å². The number of fused-ring (bicyclic) bond motifs is 1. The van der Waals surface area contributed by atoms with Gasteiger partial charge in [0, 0.05) is 23.3 Å². The van der Waals surface area contributed by atoms with E-state index < -0.39 is 0 Å². The van der Waals surface area contributed by atoms with E-state index in [1.165, 1.54) is 12.1 Å². The largest absolute Gasteiger partial charge is 0.345 e. The summed E-state index contributed by atoms with van der Waals surface area (Å²) in [6, 6.07) is 17.2. The van der Waals surface area contributed by atoms with Gasteiger partial charge in [0.15, 0.2) is 5.78 Å². The number of ketones is 1. The van der Waals surface area contributed by atoms with Crippen LogP contribution in [0, 0.1) is 5.82 Å². The Morgan fingerprint density at radius 2 is 1.83 bits per heavy atom. The highest BCUT2D eigenvalue weighted by atomic mass is 19.1. The van der Waals surface area contributed by atoms with E-state index >= 15 is 0 Å². The summed E-state index contributed by atoms with van der Waals surface area (Å²) in [5, 5.41) is 0.706. The number of hydrogen-bond donors (Lipinski definition) is 1. The molecule has 24 heavy (non-hydrogen) atoms. The highest BCUT2D eigenvalue weighted by Gasteiger charge is 2.18. The fourth-order valence-electron chi connectivity index (χ4n) is 2.88. The Morgan fingerprint density at radius 3 is 2.62 bits per heavy atom. The van der Waals surface area contributed by atoms with E-state index in [9.17, 15) is 9.18 Å². The van der Waals surface area contributed by atoms with E-state index in [0.717, 1.165) is 5.56 Å². The van der Waals surface area contributed by atoms with Gasteiger partial charge in [0.1, 0.15) is 11.5 Å². The van der Waals surface area contributed by atoms with Crippen LogP contribution in [0.15, 0.2) is 73.1 Å². The first-order chi connectivity index (χ1) is 11.7. The highest BCUT2D eigenvalue weighted by molar-refractivity contribution is 6.18. The third-order valence-corrected chi connectivity index (χ3v) is 3.99. The summed E-state index contributed by atoms with van der Waals surface area (Å²) in [4.78, 5) is 20.2. The highest BCUT2D eigenvalue weighted by Crippen LogP contribution is 2.31. The number of aromatic nitrogens is 2. The number of aromatic amines is 1. The van der Waals surface area contributed by atoms with E-state index in [2.05, 4.69) is 9.97 Å². The predicted octanol–water partition coefficient (Wildman–Crippen LogP) is 4.60. The van der Waals surface area contributed by atoms with E-state index in [4.69, 9.17) is 0 Å². The number of halogens is 1. The summed E-state index contributed by atoms with van der Waals surface area (Å²) in [5.41, 5.74) is 3.23. The van der Waals surface area contributed by atoms with Crippen molar-refractivity contribution in [2.75, 3.05) is 0 Å². The molecule has 0 atom stereocenters. The molecule has 2 aromatic heterocycles. The monoisotopic (exact) mass is 316 g/mol. The first kappa shape index (κ1) is 14.3. The molecule has 0 aliphatic rings. The molecule has 4 heteroatoms. The first-order valence-electron chi connectivity index (χ1n) is 7.56. The van der Waals surface area contributed by atoms with Crippen molar-refractivity contribution in [3.8, 4) is 11.1 Å². The molecule has 4 rings (SSSR count). The fraction of sp³-hybridized carbons (Fsp3) is 0. The van der Waals surface area contributed by atoms with Gasteiger partial charge >= 0.3 is 0 Å². The molecule has 0 aliphatic heterocycles. The molecule has 0 radical (unpaired) electrons. The lowest BCUT2D eigenvalue weighted by Gasteiger charge is -2.06. The van der Waals surface area contributed by atoms with E-state index in [1.54, 1.807) is 36.7 Å². The second-order valence-electron chi connectivity index (χ2n) is 5.49. The number of benzene rings is 2. The summed E-state index contributed by atoms with van der Waals surface area (Å²) >= 11 is 0. The van der Waals surface area contributed by atoms with Gasteiger partial charge in [0.2, 0.25) is 0 Å². The minimum atomic E-state index is -0.316. The Hall–Kier alpha value is -3.27. The maximum atomic E-state index is 13.6. The maximum absolute atomic E-state index is 13.6. The topological polar surface area (TPSA) is 45.8 Å². The molecule has 2 heterocycles. The van der Waals surface area contributed by atoms with Gasteiger partial charge in [-0.1, -0.05) is 42.5 Å². The standard InChI is InChI=1S/C20H13FN2O/c21-15-8-4-7-14(11-15)16-9-10-22-20-18(16)17(12-23-20)19(24)13-5-2-1-3-6-13/h1-12H,(H,22,23). The second kappa shape index (κ2) is 5.74. The van der Waals surface area contributed by atoms with Crippen molar-refractivity contribution in [3.63, 3.8) is 0 Å². The summed E-state index contributed by atoms with van der Waals surface area (Å²) in [7, 11) is 0. The molecule has 0 bridgehead atoms. The number of hydrogen-bond acceptors (Lipinski definition) is 2. The molecule has 3 nitrogen and oxygen atoms in total. The van der Waals surface area contributed by atoms with Crippen molar-refractivity contribution in [2.45, 2.75) is 0 Å². The lowest BCUT2D eigenvalue weighted by Crippen LogP contribution is -2.00. The van der Waals surface area contributed by atoms with Crippen LogP contribution in [0.1, 0.15) is 15.9 Å². The molecule has 0 fully saturated rings. The average molecular weight is 316 g/mol. The van der Waals surface area contributed by atoms with Crippen molar-refractivity contribution in [2.24, 2.45) is 0 Å². The summed E-state index contributed by atoms with van der Waals surface area (Å²) in [5.74, 6) is -0.406. The third-order valence-electron chi connectivity index (χ3n) is 3.99. The smallest absolute Gasteiger partial charge is 0.195 e. The van der Waals surface area contributed by atoms with Gasteiger partial charge in [0.25, 0.3) is 0 Å². The number of H-pyrrole nitrogens is 1. The Morgan fingerprint density at radius 1 is 1.00 bits per heavy atom. The molecule has 0 spiro atoms.